The molecule has 7 nitrogen and oxygen atoms in total. The number of nitrogens with zero attached hydrogens (tertiary/aromatic N) is 4. The number of aromatic nitrogens is 4. The SMILES string of the molecule is CCC1=C(C)c2cc3[n-]c(cc4nc(c5c6[n-]c(cc1n2)c(C)c6C(=O)C5)[C@@H](CCC(=O)OC)[C@@H]4C)c(C)c3CC.[Ni+2]. The average Bonchev–Trinajstić information content (AvgIpc) is 3.70. The molecule has 0 amide bonds. The molecular formula is C34H36N4NiO3. The molecule has 0 saturated carbocycles. The first kappa shape index (κ1) is 30.0. The molecule has 2 atom stereocenters. The molecule has 8 bridgehead atoms. The van der Waals surface area contributed by atoms with Gasteiger partial charge in [0.2, 0.25) is 0 Å². The number of ketones is 1. The predicted octanol–water partition coefficient (Wildman–Crippen LogP) is 6.67. The van der Waals surface area contributed by atoms with E-state index in [0.717, 1.165) is 79.9 Å². The van der Waals surface area contributed by atoms with Crippen molar-refractivity contribution in [3.8, 4) is 0 Å². The maximum Gasteiger partial charge on any atom is 2.00 e. The molecule has 42 heavy (non-hydrogen) atoms. The molecule has 8 heteroatoms. The van der Waals surface area contributed by atoms with Crippen LogP contribution in [0.4, 0.5) is 0 Å². The Labute approximate surface area is 256 Å². The summed E-state index contributed by atoms with van der Waals surface area (Å²) < 4.78 is 4.96. The number of aryl methyl sites for hydroxylation is 3. The van der Waals surface area contributed by atoms with Crippen molar-refractivity contribution < 1.29 is 30.8 Å². The fourth-order valence-electron chi connectivity index (χ4n) is 6.86. The Morgan fingerprint density at radius 1 is 0.976 bits per heavy atom. The molecule has 1 aliphatic carbocycles. The molecule has 3 aromatic heterocycles. The average molecular weight is 607 g/mol. The molecule has 0 fully saturated rings. The molecule has 0 radical (unpaired) electrons. The fourth-order valence-corrected chi connectivity index (χ4v) is 6.86. The van der Waals surface area contributed by atoms with Gasteiger partial charge in [0.15, 0.2) is 5.78 Å². The monoisotopic (exact) mass is 606 g/mol. The largest absolute Gasteiger partial charge is 2.00 e. The Hall–Kier alpha value is -3.51. The summed E-state index contributed by atoms with van der Waals surface area (Å²) in [4.78, 5) is 45.9. The molecule has 2 aliphatic heterocycles. The van der Waals surface area contributed by atoms with Gasteiger partial charge in [-0.05, 0) is 56.7 Å². The number of Topliss-reactive ketones (excluding diaryl/α,β-unsaturated/α-hetero) is 1. The maximum absolute atomic E-state index is 13.4. The van der Waals surface area contributed by atoms with Gasteiger partial charge in [-0.3, -0.25) is 14.6 Å². The van der Waals surface area contributed by atoms with Crippen LogP contribution in [0.15, 0.2) is 18.2 Å². The van der Waals surface area contributed by atoms with Crippen LogP contribution in [0.25, 0.3) is 33.2 Å². The zero-order valence-corrected chi connectivity index (χ0v) is 26.2. The van der Waals surface area contributed by atoms with Crippen molar-refractivity contribution in [3.05, 3.63) is 68.8 Å². The van der Waals surface area contributed by atoms with Gasteiger partial charge in [0, 0.05) is 41.6 Å². The summed E-state index contributed by atoms with van der Waals surface area (Å²) in [6, 6.07) is 6.23. The molecule has 3 aromatic rings. The summed E-state index contributed by atoms with van der Waals surface area (Å²) >= 11 is 0. The number of rotatable bonds is 5. The number of methoxy groups -OCH3 is 1. The van der Waals surface area contributed by atoms with Crippen LogP contribution in [0, 0.1) is 13.8 Å². The number of esters is 1. The second kappa shape index (κ2) is 11.3. The van der Waals surface area contributed by atoms with Gasteiger partial charge in [-0.1, -0.05) is 55.7 Å². The van der Waals surface area contributed by atoms with Crippen molar-refractivity contribution in [1.82, 2.24) is 19.9 Å². The summed E-state index contributed by atoms with van der Waals surface area (Å²) in [6.45, 7) is 12.7. The number of fused-ring (bicyclic) bond motifs is 8. The molecule has 0 unspecified atom stereocenters. The third-order valence-corrected chi connectivity index (χ3v) is 9.31. The summed E-state index contributed by atoms with van der Waals surface area (Å²) in [5.41, 5.74) is 14.1. The number of carbonyl (C=O) groups is 2. The van der Waals surface area contributed by atoms with Crippen molar-refractivity contribution in [2.75, 3.05) is 7.11 Å². The minimum Gasteiger partial charge on any atom is -0.657 e. The summed E-state index contributed by atoms with van der Waals surface area (Å²) in [5.74, 6) is -0.165. The number of hydrogen-bond donors (Lipinski definition) is 0. The topological polar surface area (TPSA) is 97.4 Å². The molecule has 220 valence electrons. The van der Waals surface area contributed by atoms with E-state index >= 15 is 0 Å². The van der Waals surface area contributed by atoms with Gasteiger partial charge in [-0.25, -0.2) is 4.98 Å². The zero-order valence-electron chi connectivity index (χ0n) is 25.3. The summed E-state index contributed by atoms with van der Waals surface area (Å²) in [6.07, 6.45) is 2.85. The van der Waals surface area contributed by atoms with Crippen LogP contribution in [-0.4, -0.2) is 28.8 Å². The van der Waals surface area contributed by atoms with Crippen LogP contribution in [0.1, 0.15) is 114 Å². The van der Waals surface area contributed by atoms with E-state index in [2.05, 4.69) is 46.8 Å². The minimum absolute atomic E-state index is 0. The van der Waals surface area contributed by atoms with E-state index in [1.54, 1.807) is 0 Å². The Morgan fingerprint density at radius 3 is 2.38 bits per heavy atom. The van der Waals surface area contributed by atoms with E-state index in [1.165, 1.54) is 18.2 Å². The van der Waals surface area contributed by atoms with Crippen LogP contribution < -0.4 is 9.97 Å². The second-order valence-corrected chi connectivity index (χ2v) is 11.5. The Balaban J connectivity index is 0.00000353. The third-order valence-electron chi connectivity index (χ3n) is 9.31. The van der Waals surface area contributed by atoms with Gasteiger partial charge in [0.25, 0.3) is 0 Å². The zero-order chi connectivity index (χ0) is 29.2. The molecule has 0 N–H and O–H groups in total. The van der Waals surface area contributed by atoms with Crippen LogP contribution >= 0.6 is 0 Å². The first-order chi connectivity index (χ1) is 19.7. The summed E-state index contributed by atoms with van der Waals surface area (Å²) in [5, 5.41) is 0. The van der Waals surface area contributed by atoms with Crippen molar-refractivity contribution in [2.45, 2.75) is 85.5 Å². The van der Waals surface area contributed by atoms with E-state index < -0.39 is 0 Å². The number of hydrogen-bond acceptors (Lipinski definition) is 5. The first-order valence-electron chi connectivity index (χ1n) is 14.6. The van der Waals surface area contributed by atoms with E-state index in [-0.39, 0.29) is 52.9 Å². The van der Waals surface area contributed by atoms with E-state index in [1.807, 2.05) is 13.0 Å². The normalized spacial score (nSPS) is 17.5. The molecule has 3 aliphatic rings. The summed E-state index contributed by atoms with van der Waals surface area (Å²) in [7, 11) is 1.42. The number of carbonyl (C=O) groups excluding carboxylic acids is 2. The van der Waals surface area contributed by atoms with Gasteiger partial charge in [-0.2, -0.15) is 0 Å². The van der Waals surface area contributed by atoms with Gasteiger partial charge in [0.1, 0.15) is 0 Å². The predicted molar refractivity (Wildman–Crippen MR) is 161 cm³/mol. The van der Waals surface area contributed by atoms with Crippen molar-refractivity contribution in [2.24, 2.45) is 0 Å². The quantitative estimate of drug-likeness (QED) is 0.236. The van der Waals surface area contributed by atoms with Crippen LogP contribution in [0.5, 0.6) is 0 Å². The molecule has 5 heterocycles. The molecule has 0 spiro atoms. The van der Waals surface area contributed by atoms with Crippen LogP contribution in [-0.2, 0) is 38.9 Å². The van der Waals surface area contributed by atoms with Gasteiger partial charge in [0.05, 0.1) is 18.5 Å². The Bertz CT molecular complexity index is 1830. The van der Waals surface area contributed by atoms with Crippen LogP contribution in [0.2, 0.25) is 0 Å². The Morgan fingerprint density at radius 2 is 1.69 bits per heavy atom. The van der Waals surface area contributed by atoms with Crippen molar-refractivity contribution in [3.63, 3.8) is 0 Å². The number of allylic oxidation sites excluding steroid dienone is 2. The third kappa shape index (κ3) is 4.64. The molecule has 0 saturated heterocycles. The fraction of sp³-hybridized carbons (Fsp3) is 0.412. The minimum atomic E-state index is -0.246. The number of ether oxygens (including phenoxy) is 1. The maximum atomic E-state index is 13.4. The Kier molecular flexibility index (Phi) is 8.06. The van der Waals surface area contributed by atoms with Crippen molar-refractivity contribution in [1.29, 1.82) is 0 Å². The second-order valence-electron chi connectivity index (χ2n) is 11.5. The first-order valence-corrected chi connectivity index (χ1v) is 14.6. The standard InChI is InChI=1S/C34H37N4O3.Ni/c1-8-20-16(3)24-13-26-18(5)22(10-11-31(40)41-7)33(37-26)23-12-30(39)32-19(6)27(38-34(23)32)15-29-21(9-2)17(4)25(36-29)14-28(20)35-24;/h13-15,18,22H,8-12H2,1-7H3,(H-,35,36,37,38,39);/q-1;+2/p-1/t18-,22-;/m0./s1. The molecular weight excluding hydrogens is 571 g/mol. The van der Waals surface area contributed by atoms with E-state index in [9.17, 15) is 9.59 Å². The molecule has 6 rings (SSSR count). The van der Waals surface area contributed by atoms with Gasteiger partial charge in [-0.15, -0.1) is 22.1 Å². The molecule has 0 aromatic carbocycles. The smallest absolute Gasteiger partial charge is 0.657 e. The van der Waals surface area contributed by atoms with Gasteiger partial charge >= 0.3 is 22.5 Å². The van der Waals surface area contributed by atoms with Crippen molar-refractivity contribution >= 4 is 45.0 Å². The van der Waals surface area contributed by atoms with E-state index in [4.69, 9.17) is 24.7 Å². The van der Waals surface area contributed by atoms with E-state index in [0.29, 0.717) is 12.0 Å². The van der Waals surface area contributed by atoms with Gasteiger partial charge < -0.3 is 14.7 Å². The van der Waals surface area contributed by atoms with Crippen LogP contribution in [0.3, 0.4) is 0 Å².